The molecular weight excluding hydrogens is 692 g/mol. The lowest BCUT2D eigenvalue weighted by molar-refractivity contribution is -0.158. The van der Waals surface area contributed by atoms with Gasteiger partial charge in [0.2, 0.25) is 0 Å². The van der Waals surface area contributed by atoms with E-state index in [0.29, 0.717) is 35.5 Å². The van der Waals surface area contributed by atoms with Gasteiger partial charge in [-0.25, -0.2) is 0 Å². The van der Waals surface area contributed by atoms with Gasteiger partial charge in [-0.1, -0.05) is 12.8 Å². The van der Waals surface area contributed by atoms with E-state index < -0.39 is 45.6 Å². The zero-order chi connectivity index (χ0) is 24.8. The zero-order valence-corrected chi connectivity index (χ0v) is 22.4. The molecule has 1 saturated carbocycles. The fraction of sp³-hybridized carbons (Fsp3) is 0.550. The zero-order valence-electron chi connectivity index (χ0n) is 17.3. The Morgan fingerprint density at radius 2 is 1.73 bits per heavy atom. The highest BCUT2D eigenvalue weighted by atomic mass is 127. The molecule has 1 fully saturated rings. The summed E-state index contributed by atoms with van der Waals surface area (Å²) in [6.45, 7) is -0.233. The smallest absolute Gasteiger partial charge is 0.370 e. The number of halogens is 4. The third-order valence-corrected chi connectivity index (χ3v) is 7.61. The largest absolute Gasteiger partial charge is 0.465 e. The molecule has 13 heteroatoms. The average Bonchev–Trinajstić information content (AvgIpc) is 2.74. The molecule has 1 aliphatic rings. The molecule has 0 bridgehead atoms. The number of carbonyl (C=O) groups excluding carboxylic acids is 3. The van der Waals surface area contributed by atoms with Crippen LogP contribution >= 0.6 is 45.2 Å². The molecule has 8 nitrogen and oxygen atoms in total. The number of rotatable bonds is 10. The summed E-state index contributed by atoms with van der Waals surface area (Å²) < 4.78 is 68.1. The van der Waals surface area contributed by atoms with E-state index in [1.54, 1.807) is 12.1 Å². The van der Waals surface area contributed by atoms with E-state index in [0.717, 1.165) is 3.57 Å². The number of esters is 2. The minimum atomic E-state index is -5.49. The molecule has 33 heavy (non-hydrogen) atoms. The quantitative estimate of drug-likeness (QED) is 0.0932. The summed E-state index contributed by atoms with van der Waals surface area (Å²) in [5.41, 5.74) is 0.219. The number of aldehydes is 1. The highest BCUT2D eigenvalue weighted by molar-refractivity contribution is 14.1. The molecule has 2 atom stereocenters. The predicted molar refractivity (Wildman–Crippen MR) is 130 cm³/mol. The van der Waals surface area contributed by atoms with Crippen LogP contribution in [0.1, 0.15) is 55.3 Å². The summed E-state index contributed by atoms with van der Waals surface area (Å²) in [6, 6.07) is 3.32. The van der Waals surface area contributed by atoms with Crippen molar-refractivity contribution >= 4 is 73.5 Å². The Morgan fingerprint density at radius 1 is 1.12 bits per heavy atom. The van der Waals surface area contributed by atoms with Gasteiger partial charge in [-0.05, 0) is 83.0 Å². The first-order valence-corrected chi connectivity index (χ1v) is 13.6. The van der Waals surface area contributed by atoms with Crippen LogP contribution in [0.5, 0.6) is 5.75 Å². The van der Waals surface area contributed by atoms with Gasteiger partial charge in [-0.3, -0.25) is 18.9 Å². The number of hydrogen-bond acceptors (Lipinski definition) is 7. The molecule has 0 spiro atoms. The Kier molecular flexibility index (Phi) is 10.4. The summed E-state index contributed by atoms with van der Waals surface area (Å²) in [5, 5.41) is -4.26. The SMILES string of the molecule is O=Cc1cc(I)cc(I)c1OC(=O)C1CCCCC1C(=O)OCCCCC(F)(F)S(=O)(=O)O. The Morgan fingerprint density at radius 3 is 2.30 bits per heavy atom. The molecule has 0 radical (unpaired) electrons. The van der Waals surface area contributed by atoms with Gasteiger partial charge in [0.15, 0.2) is 12.0 Å². The average molecular weight is 714 g/mol. The van der Waals surface area contributed by atoms with Crippen LogP contribution in [0.2, 0.25) is 0 Å². The van der Waals surface area contributed by atoms with Crippen LogP contribution in [0.15, 0.2) is 12.1 Å². The van der Waals surface area contributed by atoms with Gasteiger partial charge >= 0.3 is 27.3 Å². The van der Waals surface area contributed by atoms with Gasteiger partial charge in [-0.15, -0.1) is 0 Å². The molecule has 1 aliphatic carbocycles. The fourth-order valence-corrected chi connectivity index (χ4v) is 5.89. The first-order valence-electron chi connectivity index (χ1n) is 10.0. The van der Waals surface area contributed by atoms with Crippen molar-refractivity contribution in [3.05, 3.63) is 24.8 Å². The molecule has 0 heterocycles. The molecule has 2 rings (SSSR count). The molecule has 0 amide bonds. The van der Waals surface area contributed by atoms with E-state index in [-0.39, 0.29) is 30.8 Å². The van der Waals surface area contributed by atoms with E-state index in [9.17, 15) is 31.6 Å². The van der Waals surface area contributed by atoms with E-state index >= 15 is 0 Å². The molecular formula is C20H22F2I2O8S. The number of alkyl halides is 2. The monoisotopic (exact) mass is 714 g/mol. The molecule has 184 valence electrons. The van der Waals surface area contributed by atoms with Crippen molar-refractivity contribution in [1.29, 1.82) is 0 Å². The number of carbonyl (C=O) groups is 3. The number of ether oxygens (including phenoxy) is 2. The second-order valence-corrected chi connectivity index (χ2v) is 11.5. The summed E-state index contributed by atoms with van der Waals surface area (Å²) in [4.78, 5) is 36.8. The van der Waals surface area contributed by atoms with E-state index in [1.807, 2.05) is 45.2 Å². The van der Waals surface area contributed by atoms with Crippen LogP contribution in [0.4, 0.5) is 8.78 Å². The molecule has 1 aromatic rings. The van der Waals surface area contributed by atoms with E-state index in [4.69, 9.17) is 14.0 Å². The third-order valence-electron chi connectivity index (χ3n) is 5.22. The molecule has 1 N–H and O–H groups in total. The van der Waals surface area contributed by atoms with Crippen LogP contribution in [-0.4, -0.2) is 43.1 Å². The fourth-order valence-electron chi connectivity index (χ4n) is 3.49. The third kappa shape index (κ3) is 7.78. The second-order valence-electron chi connectivity index (χ2n) is 7.58. The maximum atomic E-state index is 13.2. The molecule has 2 unspecified atom stereocenters. The minimum absolute atomic E-state index is 0.0395. The van der Waals surface area contributed by atoms with Gasteiger partial charge < -0.3 is 9.47 Å². The van der Waals surface area contributed by atoms with Crippen molar-refractivity contribution in [2.45, 2.75) is 50.2 Å². The topological polar surface area (TPSA) is 124 Å². The number of unbranched alkanes of at least 4 members (excludes halogenated alkanes) is 1. The summed E-state index contributed by atoms with van der Waals surface area (Å²) >= 11 is 3.99. The van der Waals surface area contributed by atoms with Crippen LogP contribution < -0.4 is 4.74 Å². The molecule has 0 aromatic heterocycles. The van der Waals surface area contributed by atoms with Crippen molar-refractivity contribution in [1.82, 2.24) is 0 Å². The van der Waals surface area contributed by atoms with E-state index in [2.05, 4.69) is 0 Å². The van der Waals surface area contributed by atoms with Crippen LogP contribution in [0, 0.1) is 19.0 Å². The van der Waals surface area contributed by atoms with Gasteiger partial charge in [0.25, 0.3) is 0 Å². The highest BCUT2D eigenvalue weighted by Gasteiger charge is 2.43. The summed E-state index contributed by atoms with van der Waals surface area (Å²) in [5.74, 6) is -2.72. The predicted octanol–water partition coefficient (Wildman–Crippen LogP) is 4.61. The summed E-state index contributed by atoms with van der Waals surface area (Å²) in [7, 11) is -5.49. The van der Waals surface area contributed by atoms with E-state index in [1.165, 1.54) is 0 Å². The van der Waals surface area contributed by atoms with Crippen LogP contribution in [-0.2, 0) is 24.4 Å². The van der Waals surface area contributed by atoms with Crippen LogP contribution in [0.3, 0.4) is 0 Å². The van der Waals surface area contributed by atoms with Crippen molar-refractivity contribution in [3.63, 3.8) is 0 Å². The second kappa shape index (κ2) is 12.2. The summed E-state index contributed by atoms with van der Waals surface area (Å²) in [6.07, 6.45) is 1.35. The number of hydrogen-bond donors (Lipinski definition) is 1. The lowest BCUT2D eigenvalue weighted by Gasteiger charge is -2.28. The van der Waals surface area contributed by atoms with Gasteiger partial charge in [0, 0.05) is 9.99 Å². The van der Waals surface area contributed by atoms with Gasteiger partial charge in [-0.2, -0.15) is 17.2 Å². The van der Waals surface area contributed by atoms with Crippen molar-refractivity contribution in [3.8, 4) is 5.75 Å². The van der Waals surface area contributed by atoms with Gasteiger partial charge in [0.05, 0.1) is 27.6 Å². The molecule has 0 aliphatic heterocycles. The lowest BCUT2D eigenvalue weighted by atomic mass is 9.79. The first-order chi connectivity index (χ1) is 15.4. The number of benzene rings is 1. The van der Waals surface area contributed by atoms with Crippen LogP contribution in [0.25, 0.3) is 0 Å². The Labute approximate surface area is 217 Å². The standard InChI is InChI=1S/C20H22F2I2O8S/c21-20(22,33(28,29)30)7-3-4-8-31-18(26)14-5-1-2-6-15(14)19(27)32-17-12(11-25)9-13(23)10-16(17)24/h9-11,14-15H,1-8H2,(H,28,29,30). The first kappa shape index (κ1) is 28.3. The lowest BCUT2D eigenvalue weighted by Crippen LogP contribution is -2.36. The minimum Gasteiger partial charge on any atom is -0.465 e. The normalized spacial score (nSPS) is 19.1. The van der Waals surface area contributed by atoms with Gasteiger partial charge in [0.1, 0.15) is 0 Å². The van der Waals surface area contributed by atoms with Crippen molar-refractivity contribution in [2.75, 3.05) is 6.61 Å². The molecule has 1 aromatic carbocycles. The molecule has 0 saturated heterocycles. The van der Waals surface area contributed by atoms with Crippen molar-refractivity contribution < 1.29 is 45.6 Å². The highest BCUT2D eigenvalue weighted by Crippen LogP contribution is 2.34. The maximum absolute atomic E-state index is 13.2. The maximum Gasteiger partial charge on any atom is 0.370 e. The Bertz CT molecular complexity index is 1000. The Hall–Kier alpha value is -0.940. The Balaban J connectivity index is 1.96. The van der Waals surface area contributed by atoms with Crippen molar-refractivity contribution in [2.24, 2.45) is 11.8 Å².